The van der Waals surface area contributed by atoms with Gasteiger partial charge in [0.1, 0.15) is 6.54 Å². The zero-order chi connectivity index (χ0) is 13.7. The van der Waals surface area contributed by atoms with Crippen molar-refractivity contribution in [1.82, 2.24) is 25.6 Å². The van der Waals surface area contributed by atoms with Crippen LogP contribution in [0.5, 0.6) is 0 Å². The second kappa shape index (κ2) is 6.65. The largest absolute Gasteiger partial charge is 0.354 e. The van der Waals surface area contributed by atoms with E-state index in [0.29, 0.717) is 18.4 Å². The Morgan fingerprint density at radius 2 is 2.32 bits per heavy atom. The maximum absolute atomic E-state index is 11.6. The molecule has 2 N–H and O–H groups in total. The van der Waals surface area contributed by atoms with Crippen molar-refractivity contribution >= 4 is 5.91 Å². The number of carbonyl (C=O) groups excluding carboxylic acids is 1. The topological polar surface area (TPSA) is 71.8 Å². The van der Waals surface area contributed by atoms with Crippen molar-refractivity contribution in [2.75, 3.05) is 13.1 Å². The Hall–Kier alpha value is -1.43. The molecule has 1 fully saturated rings. The molecule has 6 nitrogen and oxygen atoms in total. The second-order valence-corrected chi connectivity index (χ2v) is 5.68. The molecule has 1 aliphatic rings. The summed E-state index contributed by atoms with van der Waals surface area (Å²) in [7, 11) is 0. The molecule has 19 heavy (non-hydrogen) atoms. The fourth-order valence-electron chi connectivity index (χ4n) is 1.77. The van der Waals surface area contributed by atoms with Gasteiger partial charge >= 0.3 is 0 Å². The van der Waals surface area contributed by atoms with Gasteiger partial charge < -0.3 is 10.6 Å². The third-order valence-corrected chi connectivity index (χ3v) is 3.04. The van der Waals surface area contributed by atoms with E-state index in [0.717, 1.165) is 18.8 Å². The van der Waals surface area contributed by atoms with Crippen LogP contribution >= 0.6 is 0 Å². The van der Waals surface area contributed by atoms with E-state index >= 15 is 0 Å². The zero-order valence-corrected chi connectivity index (χ0v) is 11.7. The molecule has 0 saturated heterocycles. The van der Waals surface area contributed by atoms with Crippen LogP contribution < -0.4 is 10.6 Å². The van der Waals surface area contributed by atoms with Crippen LogP contribution in [0, 0.1) is 11.8 Å². The molecule has 1 aliphatic carbocycles. The Morgan fingerprint density at radius 3 is 3.00 bits per heavy atom. The van der Waals surface area contributed by atoms with Gasteiger partial charge in [0.25, 0.3) is 0 Å². The Labute approximate surface area is 113 Å². The van der Waals surface area contributed by atoms with Crippen LogP contribution in [-0.4, -0.2) is 34.0 Å². The van der Waals surface area contributed by atoms with Gasteiger partial charge in [-0.2, -0.15) is 0 Å². The number of hydrogen-bond acceptors (Lipinski definition) is 4. The van der Waals surface area contributed by atoms with Gasteiger partial charge in [-0.3, -0.25) is 4.79 Å². The third-order valence-electron chi connectivity index (χ3n) is 3.04. The third kappa shape index (κ3) is 5.38. The minimum Gasteiger partial charge on any atom is -0.354 e. The first kappa shape index (κ1) is 14.0. The molecule has 106 valence electrons. The summed E-state index contributed by atoms with van der Waals surface area (Å²) in [4.78, 5) is 11.6. The molecule has 0 radical (unpaired) electrons. The van der Waals surface area contributed by atoms with E-state index in [1.54, 1.807) is 4.68 Å². The summed E-state index contributed by atoms with van der Waals surface area (Å²) in [6.07, 6.45) is 4.31. The van der Waals surface area contributed by atoms with Crippen LogP contribution in [0.1, 0.15) is 32.4 Å². The maximum atomic E-state index is 11.6. The average Bonchev–Trinajstić information content (AvgIpc) is 3.08. The first-order valence-electron chi connectivity index (χ1n) is 7.00. The van der Waals surface area contributed by atoms with E-state index in [4.69, 9.17) is 0 Å². The van der Waals surface area contributed by atoms with Crippen molar-refractivity contribution in [2.45, 2.75) is 39.8 Å². The van der Waals surface area contributed by atoms with Crippen molar-refractivity contribution in [1.29, 1.82) is 0 Å². The lowest BCUT2D eigenvalue weighted by Gasteiger charge is -2.04. The SMILES string of the molecule is CC(C)CNCc1cn(CC(=O)NCC2CC2)nn1. The standard InChI is InChI=1S/C13H23N5O/c1-10(2)5-14-7-12-8-18(17-16-12)9-13(19)15-6-11-3-4-11/h8,10-11,14H,3-7,9H2,1-2H3,(H,15,19). The van der Waals surface area contributed by atoms with Gasteiger partial charge in [-0.05, 0) is 31.2 Å². The van der Waals surface area contributed by atoms with E-state index < -0.39 is 0 Å². The fraction of sp³-hybridized carbons (Fsp3) is 0.769. The van der Waals surface area contributed by atoms with Crippen molar-refractivity contribution in [3.8, 4) is 0 Å². The average molecular weight is 265 g/mol. The van der Waals surface area contributed by atoms with Crippen LogP contribution in [-0.2, 0) is 17.9 Å². The molecule has 0 spiro atoms. The van der Waals surface area contributed by atoms with Crippen molar-refractivity contribution in [3.05, 3.63) is 11.9 Å². The van der Waals surface area contributed by atoms with E-state index in [1.807, 2.05) is 6.20 Å². The van der Waals surface area contributed by atoms with Gasteiger partial charge in [0.2, 0.25) is 5.91 Å². The van der Waals surface area contributed by atoms with E-state index in [2.05, 4.69) is 34.8 Å². The molecule has 2 rings (SSSR count). The van der Waals surface area contributed by atoms with Gasteiger partial charge in [-0.15, -0.1) is 5.10 Å². The molecule has 1 aromatic heterocycles. The van der Waals surface area contributed by atoms with Gasteiger partial charge in [-0.25, -0.2) is 4.68 Å². The Kier molecular flexibility index (Phi) is 4.90. The zero-order valence-electron chi connectivity index (χ0n) is 11.7. The number of carbonyl (C=O) groups is 1. The van der Waals surface area contributed by atoms with Crippen LogP contribution in [0.25, 0.3) is 0 Å². The quantitative estimate of drug-likeness (QED) is 0.720. The van der Waals surface area contributed by atoms with Crippen molar-refractivity contribution < 1.29 is 4.79 Å². The van der Waals surface area contributed by atoms with Gasteiger partial charge in [0.05, 0.1) is 11.9 Å². The highest BCUT2D eigenvalue weighted by Crippen LogP contribution is 2.27. The Morgan fingerprint density at radius 1 is 1.53 bits per heavy atom. The van der Waals surface area contributed by atoms with Gasteiger partial charge in [0, 0.05) is 13.1 Å². The maximum Gasteiger partial charge on any atom is 0.241 e. The highest BCUT2D eigenvalue weighted by molar-refractivity contribution is 5.75. The molecule has 0 aliphatic heterocycles. The van der Waals surface area contributed by atoms with Gasteiger partial charge in [-0.1, -0.05) is 19.1 Å². The summed E-state index contributed by atoms with van der Waals surface area (Å²) in [5.41, 5.74) is 0.871. The highest BCUT2D eigenvalue weighted by Gasteiger charge is 2.21. The molecule has 1 aromatic rings. The molecule has 6 heteroatoms. The minimum absolute atomic E-state index is 0.0125. The number of amides is 1. The first-order chi connectivity index (χ1) is 9.13. The van der Waals surface area contributed by atoms with E-state index in [1.165, 1.54) is 12.8 Å². The van der Waals surface area contributed by atoms with E-state index in [-0.39, 0.29) is 12.5 Å². The lowest BCUT2D eigenvalue weighted by Crippen LogP contribution is -2.29. The summed E-state index contributed by atoms with van der Waals surface area (Å²) in [5, 5.41) is 14.2. The van der Waals surface area contributed by atoms with E-state index in [9.17, 15) is 4.79 Å². The number of hydrogen-bond donors (Lipinski definition) is 2. The van der Waals surface area contributed by atoms with Gasteiger partial charge in [0.15, 0.2) is 0 Å². The number of nitrogens with zero attached hydrogens (tertiary/aromatic N) is 3. The summed E-state index contributed by atoms with van der Waals surface area (Å²) < 4.78 is 1.59. The second-order valence-electron chi connectivity index (χ2n) is 5.68. The minimum atomic E-state index is 0.0125. The fourth-order valence-corrected chi connectivity index (χ4v) is 1.77. The molecular weight excluding hydrogens is 242 g/mol. The first-order valence-corrected chi connectivity index (χ1v) is 7.00. The smallest absolute Gasteiger partial charge is 0.241 e. The summed E-state index contributed by atoms with van der Waals surface area (Å²) in [6.45, 7) is 7.03. The predicted octanol–water partition coefficient (Wildman–Crippen LogP) is 0.550. The molecule has 1 saturated carbocycles. The summed E-state index contributed by atoms with van der Waals surface area (Å²) in [6, 6.07) is 0. The summed E-state index contributed by atoms with van der Waals surface area (Å²) in [5.74, 6) is 1.33. The molecular formula is C13H23N5O. The van der Waals surface area contributed by atoms with Crippen LogP contribution in [0.4, 0.5) is 0 Å². The molecule has 1 heterocycles. The lowest BCUT2D eigenvalue weighted by molar-refractivity contribution is -0.121. The monoisotopic (exact) mass is 265 g/mol. The van der Waals surface area contributed by atoms with Crippen molar-refractivity contribution in [3.63, 3.8) is 0 Å². The number of aromatic nitrogens is 3. The number of nitrogens with one attached hydrogen (secondary N) is 2. The molecule has 0 aromatic carbocycles. The van der Waals surface area contributed by atoms with Crippen LogP contribution in [0.3, 0.4) is 0 Å². The normalized spacial score (nSPS) is 14.9. The summed E-state index contributed by atoms with van der Waals surface area (Å²) >= 11 is 0. The van der Waals surface area contributed by atoms with Crippen LogP contribution in [0.15, 0.2) is 6.20 Å². The predicted molar refractivity (Wildman–Crippen MR) is 72.3 cm³/mol. The van der Waals surface area contributed by atoms with Crippen LogP contribution in [0.2, 0.25) is 0 Å². The molecule has 1 amide bonds. The highest BCUT2D eigenvalue weighted by atomic mass is 16.2. The molecule has 0 bridgehead atoms. The molecule has 0 unspecified atom stereocenters. The number of rotatable bonds is 8. The Bertz CT molecular complexity index is 411. The van der Waals surface area contributed by atoms with Crippen molar-refractivity contribution in [2.24, 2.45) is 11.8 Å². The Balaban J connectivity index is 1.68. The lowest BCUT2D eigenvalue weighted by atomic mass is 10.2. The molecule has 0 atom stereocenters.